The van der Waals surface area contributed by atoms with Crippen LogP contribution in [0.2, 0.25) is 0 Å². The fourth-order valence-electron chi connectivity index (χ4n) is 1.34. The molecule has 4 heteroatoms. The Hall–Kier alpha value is -1.84. The van der Waals surface area contributed by atoms with Crippen molar-refractivity contribution in [3.63, 3.8) is 0 Å². The maximum Gasteiger partial charge on any atom is 0.254 e. The minimum atomic E-state index is -0.496. The molecule has 0 bridgehead atoms. The van der Waals surface area contributed by atoms with E-state index in [1.807, 2.05) is 0 Å². The quantitative estimate of drug-likeness (QED) is 0.609. The maximum atomic E-state index is 13.4. The molecule has 0 unspecified atom stereocenters. The van der Waals surface area contributed by atoms with Gasteiger partial charge < -0.3 is 10.1 Å². The molecule has 1 rings (SSSR count). The summed E-state index contributed by atoms with van der Waals surface area (Å²) in [6.07, 6.45) is 2.01. The largest absolute Gasteiger partial charge is 0.502 e. The lowest BCUT2D eigenvalue weighted by Crippen LogP contribution is -2.26. The van der Waals surface area contributed by atoms with Gasteiger partial charge in [0.15, 0.2) is 0 Å². The summed E-state index contributed by atoms with van der Waals surface area (Å²) >= 11 is 0. The molecule has 0 fully saturated rings. The highest BCUT2D eigenvalue weighted by atomic mass is 19.1. The molecule has 1 N–H and O–H groups in total. The fourth-order valence-corrected chi connectivity index (χ4v) is 1.34. The summed E-state index contributed by atoms with van der Waals surface area (Å²) in [4.78, 5) is 11.6. The van der Waals surface area contributed by atoms with Crippen LogP contribution in [0.1, 0.15) is 22.3 Å². The second-order valence-electron chi connectivity index (χ2n) is 3.63. The Kier molecular flexibility index (Phi) is 5.20. The van der Waals surface area contributed by atoms with Crippen LogP contribution in [0.5, 0.6) is 0 Å². The summed E-state index contributed by atoms with van der Waals surface area (Å²) in [7, 11) is 0. The number of hydrogen-bond acceptors (Lipinski definition) is 2. The lowest BCUT2D eigenvalue weighted by molar-refractivity contribution is 0.0946. The molecule has 1 aromatic rings. The van der Waals surface area contributed by atoms with Gasteiger partial charge in [0, 0.05) is 6.54 Å². The first-order valence-electron chi connectivity index (χ1n) is 5.42. The first-order valence-corrected chi connectivity index (χ1v) is 5.42. The molecular weight excluding hydrogens is 221 g/mol. The molecule has 92 valence electrons. The highest BCUT2D eigenvalue weighted by Gasteiger charge is 2.10. The van der Waals surface area contributed by atoms with Crippen LogP contribution in [-0.4, -0.2) is 19.1 Å². The van der Waals surface area contributed by atoms with Crippen LogP contribution in [0.3, 0.4) is 0 Å². The average Bonchev–Trinajstić information content (AvgIpc) is 2.28. The molecule has 1 amide bonds. The highest BCUT2D eigenvalue weighted by molar-refractivity contribution is 5.94. The van der Waals surface area contributed by atoms with Gasteiger partial charge in [0.2, 0.25) is 0 Å². The summed E-state index contributed by atoms with van der Waals surface area (Å²) in [5, 5.41) is 2.62. The van der Waals surface area contributed by atoms with Crippen LogP contribution < -0.4 is 5.32 Å². The molecule has 0 aliphatic carbocycles. The van der Waals surface area contributed by atoms with Crippen LogP contribution in [-0.2, 0) is 4.74 Å². The van der Waals surface area contributed by atoms with Gasteiger partial charge in [-0.2, -0.15) is 0 Å². The Morgan fingerprint density at radius 2 is 2.35 bits per heavy atom. The summed E-state index contributed by atoms with van der Waals surface area (Å²) in [5.74, 6) is -0.897. The van der Waals surface area contributed by atoms with E-state index < -0.39 is 11.7 Å². The van der Waals surface area contributed by atoms with Gasteiger partial charge in [0.25, 0.3) is 5.91 Å². The number of aryl methyl sites for hydroxylation is 1. The van der Waals surface area contributed by atoms with E-state index in [4.69, 9.17) is 4.74 Å². The van der Waals surface area contributed by atoms with Crippen LogP contribution in [0.15, 0.2) is 31.0 Å². The van der Waals surface area contributed by atoms with Crippen LogP contribution in [0, 0.1) is 12.7 Å². The average molecular weight is 237 g/mol. The standard InChI is InChI=1S/C13H16FNO2/c1-3-17-8-4-7-15-13(16)11-6-5-10(2)9-12(11)14/h3,5-6,9H,1,4,7-8H2,2H3,(H,15,16). The van der Waals surface area contributed by atoms with Gasteiger partial charge in [-0.05, 0) is 31.0 Å². The van der Waals surface area contributed by atoms with Crippen molar-refractivity contribution < 1.29 is 13.9 Å². The van der Waals surface area contributed by atoms with E-state index in [9.17, 15) is 9.18 Å². The summed E-state index contributed by atoms with van der Waals surface area (Å²) < 4.78 is 18.3. The van der Waals surface area contributed by atoms with Gasteiger partial charge in [-0.15, -0.1) is 0 Å². The monoisotopic (exact) mass is 237 g/mol. The van der Waals surface area contributed by atoms with Gasteiger partial charge >= 0.3 is 0 Å². The molecule has 3 nitrogen and oxygen atoms in total. The van der Waals surface area contributed by atoms with Gasteiger partial charge in [-0.25, -0.2) is 4.39 Å². The second-order valence-corrected chi connectivity index (χ2v) is 3.63. The molecule has 0 aliphatic rings. The number of carbonyl (C=O) groups is 1. The van der Waals surface area contributed by atoms with Crippen LogP contribution in [0.25, 0.3) is 0 Å². The van der Waals surface area contributed by atoms with Crippen molar-refractivity contribution in [3.8, 4) is 0 Å². The number of amides is 1. The highest BCUT2D eigenvalue weighted by Crippen LogP contribution is 2.09. The number of carbonyl (C=O) groups excluding carboxylic acids is 1. The lowest BCUT2D eigenvalue weighted by atomic mass is 10.1. The SMILES string of the molecule is C=COCCCNC(=O)c1ccc(C)cc1F. The number of nitrogens with one attached hydrogen (secondary N) is 1. The molecule has 0 saturated heterocycles. The van der Waals surface area contributed by atoms with Crippen molar-refractivity contribution in [2.24, 2.45) is 0 Å². The van der Waals surface area contributed by atoms with Crippen molar-refractivity contribution in [1.82, 2.24) is 5.32 Å². The molecule has 0 spiro atoms. The number of rotatable bonds is 6. The Labute approximate surface area is 100 Å². The van der Waals surface area contributed by atoms with Gasteiger partial charge in [0.1, 0.15) is 5.82 Å². The minimum Gasteiger partial charge on any atom is -0.502 e. The third kappa shape index (κ3) is 4.26. The van der Waals surface area contributed by atoms with E-state index in [1.54, 1.807) is 13.0 Å². The number of benzene rings is 1. The van der Waals surface area contributed by atoms with Crippen molar-refractivity contribution in [3.05, 3.63) is 48.0 Å². The third-order valence-corrected chi connectivity index (χ3v) is 2.21. The van der Waals surface area contributed by atoms with E-state index in [0.29, 0.717) is 19.6 Å². The second kappa shape index (κ2) is 6.68. The summed E-state index contributed by atoms with van der Waals surface area (Å²) in [5.41, 5.74) is 0.860. The van der Waals surface area contributed by atoms with Crippen molar-refractivity contribution >= 4 is 5.91 Å². The van der Waals surface area contributed by atoms with E-state index in [-0.39, 0.29) is 5.56 Å². The Morgan fingerprint density at radius 3 is 3.00 bits per heavy atom. The summed E-state index contributed by atoms with van der Waals surface area (Å²) in [6, 6.07) is 4.54. The topological polar surface area (TPSA) is 38.3 Å². The zero-order valence-electron chi connectivity index (χ0n) is 9.83. The molecule has 17 heavy (non-hydrogen) atoms. The molecule has 0 heterocycles. The third-order valence-electron chi connectivity index (χ3n) is 2.21. The first kappa shape index (κ1) is 13.2. The molecular formula is C13H16FNO2. The van der Waals surface area contributed by atoms with Crippen LogP contribution in [0.4, 0.5) is 4.39 Å². The zero-order valence-corrected chi connectivity index (χ0v) is 9.83. The molecule has 0 aliphatic heterocycles. The smallest absolute Gasteiger partial charge is 0.254 e. The normalized spacial score (nSPS) is 9.76. The maximum absolute atomic E-state index is 13.4. The summed E-state index contributed by atoms with van der Waals surface area (Å²) in [6.45, 7) is 6.11. The number of ether oxygens (including phenoxy) is 1. The Balaban J connectivity index is 2.44. The first-order chi connectivity index (χ1) is 8.15. The van der Waals surface area contributed by atoms with Gasteiger partial charge in [0.05, 0.1) is 18.4 Å². The van der Waals surface area contributed by atoms with E-state index >= 15 is 0 Å². The van der Waals surface area contributed by atoms with E-state index in [2.05, 4.69) is 11.9 Å². The predicted molar refractivity (Wildman–Crippen MR) is 64.2 cm³/mol. The number of hydrogen-bond donors (Lipinski definition) is 1. The van der Waals surface area contributed by atoms with E-state index in [1.165, 1.54) is 18.4 Å². The molecule has 0 saturated carbocycles. The number of halogens is 1. The fraction of sp³-hybridized carbons (Fsp3) is 0.308. The van der Waals surface area contributed by atoms with Crippen LogP contribution >= 0.6 is 0 Å². The van der Waals surface area contributed by atoms with Gasteiger partial charge in [-0.3, -0.25) is 4.79 Å². The van der Waals surface area contributed by atoms with Crippen molar-refractivity contribution in [2.75, 3.05) is 13.2 Å². The minimum absolute atomic E-state index is 0.0697. The van der Waals surface area contributed by atoms with Crippen molar-refractivity contribution in [2.45, 2.75) is 13.3 Å². The van der Waals surface area contributed by atoms with E-state index in [0.717, 1.165) is 5.56 Å². The Bertz CT molecular complexity index is 404. The van der Waals surface area contributed by atoms with Gasteiger partial charge in [-0.1, -0.05) is 12.6 Å². The predicted octanol–water partition coefficient (Wildman–Crippen LogP) is 2.41. The van der Waals surface area contributed by atoms with Crippen molar-refractivity contribution in [1.29, 1.82) is 0 Å². The molecule has 0 atom stereocenters. The molecule has 1 aromatic carbocycles. The lowest BCUT2D eigenvalue weighted by Gasteiger charge is -2.06. The Morgan fingerprint density at radius 1 is 1.59 bits per heavy atom. The zero-order chi connectivity index (χ0) is 12.7. The molecule has 0 radical (unpaired) electrons. The molecule has 0 aromatic heterocycles.